The van der Waals surface area contributed by atoms with Crippen molar-refractivity contribution < 1.29 is 37.5 Å². The molecule has 5 atom stereocenters. The highest BCUT2D eigenvalue weighted by atomic mass is 19.3. The molecule has 3 fully saturated rings. The van der Waals surface area contributed by atoms with Crippen LogP contribution in [0.25, 0.3) is 0 Å². The highest BCUT2D eigenvalue weighted by Gasteiger charge is 2.51. The summed E-state index contributed by atoms with van der Waals surface area (Å²) in [6.07, 6.45) is 4.76. The highest BCUT2D eigenvalue weighted by molar-refractivity contribution is 6.43. The normalized spacial score (nSPS) is 22.1. The SMILES string of the molecule is CC(C)[C@H](NC(=O)c1cnccn1)C(=O)N[C@@H](CC(C)(C)C)C(=O)N1CC2CCCC2[C@H]1C(=O)NC(=CC(F)F)C(=O)C(=O)NC1CC1. The van der Waals surface area contributed by atoms with E-state index in [-0.39, 0.29) is 48.5 Å². The fourth-order valence-electron chi connectivity index (χ4n) is 6.42. The number of carbonyl (C=O) groups is 6. The molecule has 2 unspecified atom stereocenters. The van der Waals surface area contributed by atoms with Crippen molar-refractivity contribution >= 4 is 35.3 Å². The van der Waals surface area contributed by atoms with Gasteiger partial charge in [0.15, 0.2) is 0 Å². The van der Waals surface area contributed by atoms with Crippen molar-refractivity contribution in [3.8, 4) is 0 Å². The predicted octanol–water partition coefficient (Wildman–Crippen LogP) is 1.89. The molecule has 0 bridgehead atoms. The van der Waals surface area contributed by atoms with Crippen LogP contribution in [0, 0.1) is 23.2 Å². The van der Waals surface area contributed by atoms with Gasteiger partial charge in [-0.05, 0) is 55.3 Å². The Morgan fingerprint density at radius 1 is 1.02 bits per heavy atom. The monoisotopic (exact) mass is 673 g/mol. The highest BCUT2D eigenvalue weighted by Crippen LogP contribution is 2.43. The number of nitrogens with zero attached hydrogens (tertiary/aromatic N) is 3. The van der Waals surface area contributed by atoms with Gasteiger partial charge in [0.1, 0.15) is 23.8 Å². The number of likely N-dealkylation sites (tertiary alicyclic amines) is 1. The second kappa shape index (κ2) is 15.3. The largest absolute Gasteiger partial charge is 0.346 e. The molecule has 3 aliphatic rings. The maximum atomic E-state index is 14.3. The molecule has 13 nitrogen and oxygen atoms in total. The van der Waals surface area contributed by atoms with Gasteiger partial charge in [-0.3, -0.25) is 33.8 Å². The molecular weight excluding hydrogens is 628 g/mol. The number of amides is 5. The maximum absolute atomic E-state index is 14.3. The average Bonchev–Trinajstić information content (AvgIpc) is 3.58. The number of aromatic nitrogens is 2. The lowest BCUT2D eigenvalue weighted by molar-refractivity contribution is -0.143. The first-order chi connectivity index (χ1) is 22.6. The van der Waals surface area contributed by atoms with Gasteiger partial charge < -0.3 is 26.2 Å². The maximum Gasteiger partial charge on any atom is 0.294 e. The molecule has 2 heterocycles. The molecule has 1 aromatic rings. The third kappa shape index (κ3) is 9.41. The Balaban J connectivity index is 1.57. The molecule has 0 aromatic carbocycles. The fraction of sp³-hybridized carbons (Fsp3) is 0.636. The first kappa shape index (κ1) is 36.5. The fourth-order valence-corrected chi connectivity index (χ4v) is 6.42. The van der Waals surface area contributed by atoms with Crippen LogP contribution in [-0.4, -0.2) is 87.3 Å². The van der Waals surface area contributed by atoms with Gasteiger partial charge in [0.2, 0.25) is 17.7 Å². The van der Waals surface area contributed by atoms with E-state index in [1.807, 2.05) is 20.8 Å². The van der Waals surface area contributed by atoms with Crippen molar-refractivity contribution in [1.29, 1.82) is 0 Å². The van der Waals surface area contributed by atoms with Crippen molar-refractivity contribution in [1.82, 2.24) is 36.1 Å². The number of hydrogen-bond donors (Lipinski definition) is 4. The lowest BCUT2D eigenvalue weighted by Gasteiger charge is -2.34. The summed E-state index contributed by atoms with van der Waals surface area (Å²) >= 11 is 0. The Morgan fingerprint density at radius 3 is 2.31 bits per heavy atom. The third-order valence-corrected chi connectivity index (χ3v) is 8.82. The lowest BCUT2D eigenvalue weighted by atomic mass is 9.87. The number of rotatable bonds is 13. The first-order valence-electron chi connectivity index (χ1n) is 16.4. The summed E-state index contributed by atoms with van der Waals surface area (Å²) in [6, 6.07) is -3.48. The Hall–Kier alpha value is -4.30. The topological polar surface area (TPSA) is 180 Å². The van der Waals surface area contributed by atoms with Crippen LogP contribution in [0.5, 0.6) is 0 Å². The average molecular weight is 674 g/mol. The second-order valence-corrected chi connectivity index (χ2v) is 14.4. The predicted molar refractivity (Wildman–Crippen MR) is 169 cm³/mol. The smallest absolute Gasteiger partial charge is 0.294 e. The van der Waals surface area contributed by atoms with Crippen LogP contribution in [-0.2, 0) is 24.0 Å². The van der Waals surface area contributed by atoms with E-state index >= 15 is 0 Å². The quantitative estimate of drug-likeness (QED) is 0.181. The second-order valence-electron chi connectivity index (χ2n) is 14.4. The van der Waals surface area contributed by atoms with E-state index in [0.29, 0.717) is 19.3 Å². The Labute approximate surface area is 278 Å². The minimum Gasteiger partial charge on any atom is -0.346 e. The summed E-state index contributed by atoms with van der Waals surface area (Å²) in [4.78, 5) is 89.1. The van der Waals surface area contributed by atoms with E-state index in [1.165, 1.54) is 23.5 Å². The lowest BCUT2D eigenvalue weighted by Crippen LogP contribution is -2.59. The molecule has 0 radical (unpaired) electrons. The van der Waals surface area contributed by atoms with Crippen molar-refractivity contribution in [3.05, 3.63) is 36.1 Å². The zero-order valence-electron chi connectivity index (χ0n) is 27.9. The minimum atomic E-state index is -3.13. The number of fused-ring (bicyclic) bond motifs is 1. The minimum absolute atomic E-state index is 0.0134. The summed E-state index contributed by atoms with van der Waals surface area (Å²) in [6.45, 7) is 9.33. The molecule has 0 spiro atoms. The number of carbonyl (C=O) groups excluding carboxylic acids is 6. The van der Waals surface area contributed by atoms with Gasteiger partial charge in [-0.15, -0.1) is 0 Å². The van der Waals surface area contributed by atoms with E-state index in [2.05, 4.69) is 31.2 Å². The Bertz CT molecular complexity index is 1430. The van der Waals surface area contributed by atoms with Crippen LogP contribution in [0.4, 0.5) is 8.78 Å². The van der Waals surface area contributed by atoms with E-state index in [1.54, 1.807) is 13.8 Å². The summed E-state index contributed by atoms with van der Waals surface area (Å²) in [7, 11) is 0. The first-order valence-corrected chi connectivity index (χ1v) is 16.4. The molecule has 2 saturated carbocycles. The molecule has 262 valence electrons. The van der Waals surface area contributed by atoms with Crippen LogP contribution in [0.3, 0.4) is 0 Å². The van der Waals surface area contributed by atoms with Gasteiger partial charge in [0.25, 0.3) is 24.0 Å². The van der Waals surface area contributed by atoms with Crippen molar-refractivity contribution in [2.75, 3.05) is 6.54 Å². The van der Waals surface area contributed by atoms with Crippen LogP contribution in [0.1, 0.15) is 83.6 Å². The molecule has 4 N–H and O–H groups in total. The van der Waals surface area contributed by atoms with Gasteiger partial charge in [0.05, 0.1) is 11.9 Å². The number of hydrogen-bond acceptors (Lipinski definition) is 8. The summed E-state index contributed by atoms with van der Waals surface area (Å²) in [5, 5.41) is 10.2. The van der Waals surface area contributed by atoms with Crippen molar-refractivity contribution in [3.63, 3.8) is 0 Å². The molecule has 4 rings (SSSR count). The number of halogens is 2. The number of Topliss-reactive ketones (excluding diaryl/α,β-unsaturated/α-hetero) is 1. The molecule has 2 aliphatic carbocycles. The molecule has 15 heteroatoms. The van der Waals surface area contributed by atoms with E-state index in [0.717, 1.165) is 12.8 Å². The Morgan fingerprint density at radius 2 is 1.73 bits per heavy atom. The molecule has 1 saturated heterocycles. The zero-order chi connectivity index (χ0) is 35.3. The molecular formula is C33H45F2N7O6. The standard InChI is InChI=1S/C33H45F2N7O6/c1-17(2)25(41-28(44)23-15-36-11-12-37-23)29(45)40-22(14-33(3,4)5)32(48)42-16-18-7-6-8-20(18)26(42)30(46)39-21(13-24(34)35)27(43)31(47)38-19-9-10-19/h11-13,15,17-20,22,24-26H,6-10,14,16H2,1-5H3,(H,38,47)(H,39,46)(H,40,45)(H,41,44)/t18?,20?,22-,25-,26-/m0/s1. The number of ketones is 1. The van der Waals surface area contributed by atoms with Crippen LogP contribution >= 0.6 is 0 Å². The number of alkyl halides is 2. The van der Waals surface area contributed by atoms with Crippen molar-refractivity contribution in [2.45, 2.75) is 104 Å². The van der Waals surface area contributed by atoms with Gasteiger partial charge in [-0.25, -0.2) is 13.8 Å². The number of nitrogens with one attached hydrogen (secondary N) is 4. The van der Waals surface area contributed by atoms with Gasteiger partial charge in [-0.1, -0.05) is 41.0 Å². The Kier molecular flexibility index (Phi) is 11.6. The van der Waals surface area contributed by atoms with Crippen LogP contribution < -0.4 is 21.3 Å². The number of allylic oxidation sites excluding steroid dienone is 1. The molecule has 1 aromatic heterocycles. The van der Waals surface area contributed by atoms with E-state index in [9.17, 15) is 37.5 Å². The van der Waals surface area contributed by atoms with Gasteiger partial charge in [-0.2, -0.15) is 0 Å². The van der Waals surface area contributed by atoms with Gasteiger partial charge >= 0.3 is 0 Å². The van der Waals surface area contributed by atoms with Gasteiger partial charge in [0, 0.05) is 31.1 Å². The zero-order valence-corrected chi connectivity index (χ0v) is 27.9. The third-order valence-electron chi connectivity index (χ3n) is 8.82. The summed E-state index contributed by atoms with van der Waals surface area (Å²) in [5.74, 6) is -5.76. The van der Waals surface area contributed by atoms with E-state index in [4.69, 9.17) is 0 Å². The molecule has 1 aliphatic heterocycles. The summed E-state index contributed by atoms with van der Waals surface area (Å²) in [5.41, 5.74) is -1.30. The molecule has 5 amide bonds. The van der Waals surface area contributed by atoms with Crippen molar-refractivity contribution in [2.24, 2.45) is 23.2 Å². The molecule has 48 heavy (non-hydrogen) atoms. The van der Waals surface area contributed by atoms with Crippen LogP contribution in [0.2, 0.25) is 0 Å². The van der Waals surface area contributed by atoms with E-state index < -0.39 is 71.0 Å². The summed E-state index contributed by atoms with van der Waals surface area (Å²) < 4.78 is 26.9. The van der Waals surface area contributed by atoms with Crippen LogP contribution in [0.15, 0.2) is 30.4 Å².